The lowest BCUT2D eigenvalue weighted by atomic mass is 10.1. The molecular weight excluding hydrogens is 416 g/mol. The zero-order valence-electron chi connectivity index (χ0n) is 15.0. The topological polar surface area (TPSA) is 66.8 Å². The molecule has 8 heteroatoms. The van der Waals surface area contributed by atoms with Crippen molar-refractivity contribution in [3.8, 4) is 0 Å². The van der Waals surface area contributed by atoms with E-state index in [2.05, 4.69) is 4.99 Å². The van der Waals surface area contributed by atoms with E-state index >= 15 is 0 Å². The summed E-state index contributed by atoms with van der Waals surface area (Å²) in [4.78, 5) is 18.7. The highest BCUT2D eigenvalue weighted by molar-refractivity contribution is 8.16. The Kier molecular flexibility index (Phi) is 5.49. The molecule has 0 unspecified atom stereocenters. The van der Waals surface area contributed by atoms with E-state index in [1.54, 1.807) is 6.07 Å². The van der Waals surface area contributed by atoms with Gasteiger partial charge in [0.05, 0.1) is 28.3 Å². The van der Waals surface area contributed by atoms with Crippen LogP contribution in [0.4, 0.5) is 5.69 Å². The molecule has 0 saturated carbocycles. The van der Waals surface area contributed by atoms with Crippen LogP contribution in [-0.4, -0.2) is 42.3 Å². The van der Waals surface area contributed by atoms with E-state index in [1.165, 1.54) is 11.8 Å². The molecule has 2 aromatic rings. The highest BCUT2D eigenvalue weighted by Gasteiger charge is 2.49. The smallest absolute Gasteiger partial charge is 0.248 e. The number of carbonyl (C=O) groups excluding carboxylic acids is 1. The number of anilines is 1. The van der Waals surface area contributed by atoms with Crippen LogP contribution in [0.1, 0.15) is 12.0 Å². The summed E-state index contributed by atoms with van der Waals surface area (Å²) in [5.74, 6) is -0.0700. The Balaban J connectivity index is 1.59. The highest BCUT2D eigenvalue weighted by atomic mass is 35.5. The molecule has 0 radical (unpaired) electrons. The summed E-state index contributed by atoms with van der Waals surface area (Å²) in [5.41, 5.74) is 1.77. The molecule has 1 amide bonds. The monoisotopic (exact) mass is 434 g/mol. The number of carbonyl (C=O) groups is 1. The van der Waals surface area contributed by atoms with Crippen molar-refractivity contribution in [2.24, 2.45) is 4.99 Å². The van der Waals surface area contributed by atoms with Crippen molar-refractivity contribution < 1.29 is 13.2 Å². The minimum Gasteiger partial charge on any atom is -0.314 e. The van der Waals surface area contributed by atoms with Crippen LogP contribution in [0.25, 0.3) is 0 Å². The number of hydrogen-bond acceptors (Lipinski definition) is 4. The minimum absolute atomic E-state index is 0.0487. The number of nitrogens with zero attached hydrogens (tertiary/aromatic N) is 2. The second kappa shape index (κ2) is 7.89. The quantitative estimate of drug-likeness (QED) is 0.735. The molecule has 0 spiro atoms. The number of aryl methyl sites for hydroxylation is 1. The van der Waals surface area contributed by atoms with Crippen LogP contribution in [0, 0.1) is 0 Å². The van der Waals surface area contributed by atoms with Crippen molar-refractivity contribution in [3.05, 3.63) is 65.2 Å². The van der Waals surface area contributed by atoms with Gasteiger partial charge in [-0.05, 0) is 24.1 Å². The van der Waals surface area contributed by atoms with Gasteiger partial charge in [-0.2, -0.15) is 4.99 Å². The van der Waals surface area contributed by atoms with E-state index < -0.39 is 9.84 Å². The summed E-state index contributed by atoms with van der Waals surface area (Å²) >= 11 is 7.73. The molecule has 146 valence electrons. The van der Waals surface area contributed by atoms with Crippen molar-refractivity contribution in [2.75, 3.05) is 16.4 Å². The molecule has 2 heterocycles. The van der Waals surface area contributed by atoms with Gasteiger partial charge in [0.1, 0.15) is 0 Å². The largest absolute Gasteiger partial charge is 0.314 e. The van der Waals surface area contributed by atoms with Crippen LogP contribution in [-0.2, 0) is 21.1 Å². The average Bonchev–Trinajstić information content (AvgIpc) is 3.12. The Morgan fingerprint density at radius 2 is 1.82 bits per heavy atom. The maximum absolute atomic E-state index is 12.5. The number of hydrogen-bond donors (Lipinski definition) is 0. The fraction of sp³-hybridized carbons (Fsp3) is 0.300. The predicted molar refractivity (Wildman–Crippen MR) is 115 cm³/mol. The first-order valence-corrected chi connectivity index (χ1v) is 12.1. The van der Waals surface area contributed by atoms with E-state index in [0.717, 1.165) is 5.56 Å². The number of thioether (sulfide) groups is 1. The molecule has 2 aliphatic rings. The predicted octanol–water partition coefficient (Wildman–Crippen LogP) is 3.57. The third-order valence-electron chi connectivity index (χ3n) is 4.87. The van der Waals surface area contributed by atoms with Crippen LogP contribution < -0.4 is 4.90 Å². The molecule has 5 nitrogen and oxygen atoms in total. The van der Waals surface area contributed by atoms with E-state index in [4.69, 9.17) is 11.6 Å². The summed E-state index contributed by atoms with van der Waals surface area (Å²) < 4.78 is 24.2. The van der Waals surface area contributed by atoms with Gasteiger partial charge >= 0.3 is 0 Å². The van der Waals surface area contributed by atoms with E-state index in [9.17, 15) is 13.2 Å². The number of amides is 1. The maximum atomic E-state index is 12.5. The first kappa shape index (κ1) is 19.5. The summed E-state index contributed by atoms with van der Waals surface area (Å²) in [6.45, 7) is 0. The summed E-state index contributed by atoms with van der Waals surface area (Å²) in [6, 6.07) is 16.8. The molecule has 2 fully saturated rings. The number of benzene rings is 2. The molecule has 2 aliphatic heterocycles. The molecular formula is C20H19ClN2O3S2. The molecule has 4 rings (SSSR count). The Labute approximate surface area is 173 Å². The first-order chi connectivity index (χ1) is 13.4. The fourth-order valence-electron chi connectivity index (χ4n) is 3.55. The number of para-hydroxylation sites is 1. The lowest BCUT2D eigenvalue weighted by molar-refractivity contribution is -0.117. The zero-order valence-corrected chi connectivity index (χ0v) is 17.4. The lowest BCUT2D eigenvalue weighted by Gasteiger charge is -2.25. The van der Waals surface area contributed by atoms with Gasteiger partial charge in [-0.15, -0.1) is 0 Å². The molecule has 28 heavy (non-hydrogen) atoms. The minimum atomic E-state index is -3.10. The van der Waals surface area contributed by atoms with Gasteiger partial charge in [0.25, 0.3) is 0 Å². The maximum Gasteiger partial charge on any atom is 0.248 e. The van der Waals surface area contributed by atoms with Gasteiger partial charge < -0.3 is 4.90 Å². The number of amidine groups is 1. The van der Waals surface area contributed by atoms with Gasteiger partial charge in [-0.3, -0.25) is 4.79 Å². The van der Waals surface area contributed by atoms with Crippen LogP contribution >= 0.6 is 23.4 Å². The molecule has 0 aliphatic carbocycles. The lowest BCUT2D eigenvalue weighted by Crippen LogP contribution is -2.37. The second-order valence-corrected chi connectivity index (χ2v) is 10.7. The summed E-state index contributed by atoms with van der Waals surface area (Å²) in [7, 11) is -3.10. The highest BCUT2D eigenvalue weighted by Crippen LogP contribution is 2.42. The third kappa shape index (κ3) is 4.11. The summed E-state index contributed by atoms with van der Waals surface area (Å²) in [6.07, 6.45) is 0.923. The Hall–Kier alpha value is -1.83. The van der Waals surface area contributed by atoms with Crippen LogP contribution in [0.15, 0.2) is 59.6 Å². The molecule has 2 atom stereocenters. The molecule has 2 aromatic carbocycles. The number of sulfone groups is 1. The Morgan fingerprint density at radius 1 is 1.11 bits per heavy atom. The third-order valence-corrected chi connectivity index (χ3v) is 8.40. The molecule has 2 saturated heterocycles. The van der Waals surface area contributed by atoms with Crippen LogP contribution in [0.5, 0.6) is 0 Å². The van der Waals surface area contributed by atoms with Gasteiger partial charge in [0.15, 0.2) is 15.0 Å². The molecule has 0 N–H and O–H groups in total. The van der Waals surface area contributed by atoms with E-state index in [0.29, 0.717) is 28.7 Å². The van der Waals surface area contributed by atoms with Gasteiger partial charge in [0, 0.05) is 11.7 Å². The normalized spacial score (nSPS) is 24.5. The first-order valence-electron chi connectivity index (χ1n) is 8.99. The molecule has 0 bridgehead atoms. The fourth-order valence-corrected chi connectivity index (χ4v) is 7.70. The van der Waals surface area contributed by atoms with Crippen molar-refractivity contribution in [3.63, 3.8) is 0 Å². The number of halogens is 1. The van der Waals surface area contributed by atoms with Gasteiger partial charge in [0.2, 0.25) is 5.91 Å². The number of aliphatic imine (C=N–C) groups is 1. The second-order valence-electron chi connectivity index (χ2n) is 6.90. The summed E-state index contributed by atoms with van der Waals surface area (Å²) in [5, 5.41) is 0.912. The zero-order chi connectivity index (χ0) is 19.7. The number of fused-ring (bicyclic) bond motifs is 1. The van der Waals surface area contributed by atoms with Gasteiger partial charge in [-0.25, -0.2) is 8.42 Å². The van der Waals surface area contributed by atoms with E-state index in [-0.39, 0.29) is 28.7 Å². The average molecular weight is 435 g/mol. The molecule has 0 aromatic heterocycles. The Bertz CT molecular complexity index is 1020. The van der Waals surface area contributed by atoms with Crippen LogP contribution in [0.3, 0.4) is 0 Å². The standard InChI is InChI=1S/C20H19ClN2O3S2/c21-15-8-4-5-9-16(15)23-17-12-28(25,26)13-18(17)27-20(23)22-19(24)11-10-14-6-2-1-3-7-14/h1-9,17-18H,10-13H2/t17-,18+/m0/s1. The van der Waals surface area contributed by atoms with Crippen molar-refractivity contribution in [1.82, 2.24) is 0 Å². The van der Waals surface area contributed by atoms with Crippen LogP contribution in [0.2, 0.25) is 5.02 Å². The van der Waals surface area contributed by atoms with Crippen molar-refractivity contribution in [2.45, 2.75) is 24.1 Å². The number of rotatable bonds is 4. The van der Waals surface area contributed by atoms with E-state index in [1.807, 2.05) is 53.4 Å². The Morgan fingerprint density at radius 3 is 2.57 bits per heavy atom. The van der Waals surface area contributed by atoms with Crippen molar-refractivity contribution >= 4 is 50.0 Å². The SMILES string of the molecule is O=C(CCc1ccccc1)N=C1S[C@@H]2CS(=O)(=O)C[C@@H]2N1c1ccccc1Cl. The van der Waals surface area contributed by atoms with Crippen molar-refractivity contribution in [1.29, 1.82) is 0 Å². The van der Waals surface area contributed by atoms with Gasteiger partial charge in [-0.1, -0.05) is 65.8 Å².